The van der Waals surface area contributed by atoms with Gasteiger partial charge in [-0.3, -0.25) is 14.3 Å². The van der Waals surface area contributed by atoms with Gasteiger partial charge in [-0.2, -0.15) is 0 Å². The molecule has 2 amide bonds. The number of hydrogen-bond acceptors (Lipinski definition) is 5. The molecule has 0 radical (unpaired) electrons. The molecule has 0 spiro atoms. The Morgan fingerprint density at radius 3 is 2.32 bits per heavy atom. The molecule has 0 bridgehead atoms. The van der Waals surface area contributed by atoms with Crippen LogP contribution in [0.5, 0.6) is 0 Å². The molecule has 0 aromatic heterocycles. The summed E-state index contributed by atoms with van der Waals surface area (Å²) in [4.78, 5) is 26.2. The highest BCUT2D eigenvalue weighted by atomic mass is 32.2. The number of nitrogens with zero attached hydrogens (tertiary/aromatic N) is 1. The van der Waals surface area contributed by atoms with E-state index in [1.807, 2.05) is 37.1 Å². The first kappa shape index (κ1) is 21.2. The first-order valence-corrected chi connectivity index (χ1v) is 10.5. The highest BCUT2D eigenvalue weighted by Gasteiger charge is 2.16. The van der Waals surface area contributed by atoms with Gasteiger partial charge in [0, 0.05) is 37.6 Å². The lowest BCUT2D eigenvalue weighted by Gasteiger charge is -2.18. The number of anilines is 4. The second-order valence-electron chi connectivity index (χ2n) is 6.33. The molecule has 2 aromatic carbocycles. The van der Waals surface area contributed by atoms with E-state index in [-0.39, 0.29) is 17.2 Å². The average molecular weight is 404 g/mol. The lowest BCUT2D eigenvalue weighted by atomic mass is 10.1. The monoisotopic (exact) mass is 404 g/mol. The van der Waals surface area contributed by atoms with E-state index in [4.69, 9.17) is 0 Å². The summed E-state index contributed by atoms with van der Waals surface area (Å²) >= 11 is 0. The topological polar surface area (TPSA) is 108 Å². The molecule has 0 saturated heterocycles. The van der Waals surface area contributed by atoms with Gasteiger partial charge >= 0.3 is 0 Å². The smallest absolute Gasteiger partial charge is 0.257 e. The minimum absolute atomic E-state index is 0.0888. The van der Waals surface area contributed by atoms with Gasteiger partial charge in [-0.1, -0.05) is 6.07 Å². The van der Waals surface area contributed by atoms with E-state index in [0.29, 0.717) is 11.4 Å². The maximum atomic E-state index is 12.8. The van der Waals surface area contributed by atoms with Crippen LogP contribution in [0.15, 0.2) is 42.5 Å². The lowest BCUT2D eigenvalue weighted by molar-refractivity contribution is -0.114. The summed E-state index contributed by atoms with van der Waals surface area (Å²) in [6.07, 6.45) is 1.00. The van der Waals surface area contributed by atoms with Crippen molar-refractivity contribution in [3.63, 3.8) is 0 Å². The van der Waals surface area contributed by atoms with E-state index < -0.39 is 15.9 Å². The molecular formula is C19H24N4O4S. The Morgan fingerprint density at radius 1 is 1.04 bits per heavy atom. The van der Waals surface area contributed by atoms with Crippen molar-refractivity contribution in [2.24, 2.45) is 0 Å². The van der Waals surface area contributed by atoms with Crippen LogP contribution in [-0.4, -0.2) is 40.1 Å². The first-order valence-electron chi connectivity index (χ1n) is 8.61. The van der Waals surface area contributed by atoms with Gasteiger partial charge in [-0.15, -0.1) is 0 Å². The van der Waals surface area contributed by atoms with Crippen LogP contribution in [0.2, 0.25) is 0 Å². The summed E-state index contributed by atoms with van der Waals surface area (Å²) in [7, 11) is -1.65. The standard InChI is InChI=1S/C19H24N4O4S/c1-5-23(3)16-8-6-7-14(11-16)21-19(25)17-12-15(20-13(2)24)9-10-18(17)22-28(4,26)27/h6-12,22H,5H2,1-4H3,(H,20,24)(H,21,25). The molecule has 8 nitrogen and oxygen atoms in total. The third-order valence-corrected chi connectivity index (χ3v) is 4.49. The quantitative estimate of drug-likeness (QED) is 0.658. The minimum Gasteiger partial charge on any atom is -0.375 e. The highest BCUT2D eigenvalue weighted by molar-refractivity contribution is 7.92. The van der Waals surface area contributed by atoms with Gasteiger partial charge in [0.05, 0.1) is 17.5 Å². The lowest BCUT2D eigenvalue weighted by Crippen LogP contribution is -2.19. The van der Waals surface area contributed by atoms with Crippen LogP contribution < -0.4 is 20.3 Å². The van der Waals surface area contributed by atoms with Crippen LogP contribution in [0, 0.1) is 0 Å². The predicted octanol–water partition coefficient (Wildman–Crippen LogP) is 2.72. The third kappa shape index (κ3) is 5.98. The number of carbonyl (C=O) groups is 2. The Labute approximate surface area is 165 Å². The molecule has 0 saturated carbocycles. The summed E-state index contributed by atoms with van der Waals surface area (Å²) in [6.45, 7) is 4.17. The van der Waals surface area contributed by atoms with Crippen LogP contribution in [0.25, 0.3) is 0 Å². The summed E-state index contributed by atoms with van der Waals surface area (Å²) < 4.78 is 25.6. The van der Waals surface area contributed by atoms with Crippen molar-refractivity contribution in [3.05, 3.63) is 48.0 Å². The van der Waals surface area contributed by atoms with Crippen molar-refractivity contribution >= 4 is 44.6 Å². The van der Waals surface area contributed by atoms with E-state index in [1.165, 1.54) is 25.1 Å². The van der Waals surface area contributed by atoms with E-state index in [0.717, 1.165) is 18.5 Å². The normalized spacial score (nSPS) is 10.9. The van der Waals surface area contributed by atoms with Gasteiger partial charge in [0.25, 0.3) is 5.91 Å². The molecule has 28 heavy (non-hydrogen) atoms. The molecule has 0 aliphatic heterocycles. The average Bonchev–Trinajstić information content (AvgIpc) is 2.60. The van der Waals surface area contributed by atoms with Gasteiger partial charge in [0.15, 0.2) is 0 Å². The largest absolute Gasteiger partial charge is 0.375 e. The Hall–Kier alpha value is -3.07. The Kier molecular flexibility index (Phi) is 6.63. The fraction of sp³-hybridized carbons (Fsp3) is 0.263. The van der Waals surface area contributed by atoms with Crippen LogP contribution in [0.3, 0.4) is 0 Å². The first-order chi connectivity index (χ1) is 13.1. The second-order valence-corrected chi connectivity index (χ2v) is 8.08. The molecule has 0 aliphatic rings. The number of benzene rings is 2. The number of amides is 2. The maximum absolute atomic E-state index is 12.8. The second kappa shape index (κ2) is 8.75. The van der Waals surface area contributed by atoms with Gasteiger partial charge in [-0.25, -0.2) is 8.42 Å². The predicted molar refractivity (Wildman–Crippen MR) is 113 cm³/mol. The highest BCUT2D eigenvalue weighted by Crippen LogP contribution is 2.24. The Morgan fingerprint density at radius 2 is 1.71 bits per heavy atom. The fourth-order valence-electron chi connectivity index (χ4n) is 2.50. The summed E-state index contributed by atoms with van der Waals surface area (Å²) in [5, 5.41) is 5.35. The van der Waals surface area contributed by atoms with Gasteiger partial charge < -0.3 is 15.5 Å². The van der Waals surface area contributed by atoms with Crippen molar-refractivity contribution in [2.75, 3.05) is 40.1 Å². The molecule has 9 heteroatoms. The Bertz CT molecular complexity index is 989. The van der Waals surface area contributed by atoms with Crippen molar-refractivity contribution in [1.29, 1.82) is 0 Å². The van der Waals surface area contributed by atoms with E-state index in [1.54, 1.807) is 6.07 Å². The molecule has 0 fully saturated rings. The molecule has 0 aliphatic carbocycles. The van der Waals surface area contributed by atoms with Crippen LogP contribution >= 0.6 is 0 Å². The van der Waals surface area contributed by atoms with Crippen LogP contribution in [-0.2, 0) is 14.8 Å². The minimum atomic E-state index is -3.59. The molecule has 150 valence electrons. The SMILES string of the molecule is CCN(C)c1cccc(NC(=O)c2cc(NC(C)=O)ccc2NS(C)(=O)=O)c1. The van der Waals surface area contributed by atoms with Gasteiger partial charge in [-0.05, 0) is 43.3 Å². The summed E-state index contributed by atoms with van der Waals surface area (Å²) in [6, 6.07) is 11.7. The van der Waals surface area contributed by atoms with Crippen molar-refractivity contribution < 1.29 is 18.0 Å². The molecule has 3 N–H and O–H groups in total. The Balaban J connectivity index is 2.37. The fourth-order valence-corrected chi connectivity index (χ4v) is 3.08. The molecule has 2 rings (SSSR count). The number of nitrogens with one attached hydrogen (secondary N) is 3. The van der Waals surface area contributed by atoms with Gasteiger partial charge in [0.2, 0.25) is 15.9 Å². The maximum Gasteiger partial charge on any atom is 0.257 e. The molecule has 2 aromatic rings. The van der Waals surface area contributed by atoms with Gasteiger partial charge in [0.1, 0.15) is 0 Å². The number of rotatable bonds is 7. The summed E-state index contributed by atoms with van der Waals surface area (Å²) in [5.74, 6) is -0.805. The number of sulfonamides is 1. The number of hydrogen-bond donors (Lipinski definition) is 3. The third-order valence-electron chi connectivity index (χ3n) is 3.90. The van der Waals surface area contributed by atoms with Crippen molar-refractivity contribution in [3.8, 4) is 0 Å². The van der Waals surface area contributed by atoms with E-state index in [9.17, 15) is 18.0 Å². The van der Waals surface area contributed by atoms with E-state index >= 15 is 0 Å². The molecule has 0 atom stereocenters. The molecule has 0 heterocycles. The van der Waals surface area contributed by atoms with Crippen LogP contribution in [0.1, 0.15) is 24.2 Å². The number of carbonyl (C=O) groups excluding carboxylic acids is 2. The zero-order valence-electron chi connectivity index (χ0n) is 16.2. The molecule has 0 unspecified atom stereocenters. The zero-order valence-corrected chi connectivity index (χ0v) is 17.1. The van der Waals surface area contributed by atoms with Crippen molar-refractivity contribution in [2.45, 2.75) is 13.8 Å². The van der Waals surface area contributed by atoms with Crippen LogP contribution in [0.4, 0.5) is 22.7 Å². The van der Waals surface area contributed by atoms with Crippen molar-refractivity contribution in [1.82, 2.24) is 0 Å². The zero-order chi connectivity index (χ0) is 20.9. The summed E-state index contributed by atoms with van der Waals surface area (Å²) in [5.41, 5.74) is 2.10. The molecular weight excluding hydrogens is 380 g/mol. The van der Waals surface area contributed by atoms with E-state index in [2.05, 4.69) is 15.4 Å².